The standard InChI is InChI=1S/C29H31N3O8/c33-27(30-16-8-7-11-20-9-3-1-4-10-20)23(31-19-21-12-5-2-6-13-21)17-22-14-15-25(24(18-22)32(38)39)40-26(28(34)35)29(36)37/h1-6,9-10,12-15,18,23,26,31H,7-8,11,16-17,19H2,(H,30,33)(H,34,35)(H,36,37)/t23-/m0/s1. The molecule has 0 radical (unpaired) electrons. The first kappa shape index (κ1) is 29.8. The van der Waals surface area contributed by atoms with Crippen LogP contribution >= 0.6 is 0 Å². The van der Waals surface area contributed by atoms with Gasteiger partial charge in [0, 0.05) is 19.2 Å². The lowest BCUT2D eigenvalue weighted by molar-refractivity contribution is -0.386. The Hall–Kier alpha value is -4.77. The fourth-order valence-corrected chi connectivity index (χ4v) is 4.03. The Labute approximate surface area is 230 Å². The zero-order valence-electron chi connectivity index (χ0n) is 21.7. The molecule has 3 rings (SSSR count). The van der Waals surface area contributed by atoms with Gasteiger partial charge in [-0.25, -0.2) is 9.59 Å². The third-order valence-electron chi connectivity index (χ3n) is 6.10. The molecule has 3 aromatic carbocycles. The van der Waals surface area contributed by atoms with Gasteiger partial charge in [-0.05, 0) is 48.4 Å². The van der Waals surface area contributed by atoms with Crippen LogP contribution in [0.5, 0.6) is 5.75 Å². The molecule has 4 N–H and O–H groups in total. The molecule has 1 atom stereocenters. The summed E-state index contributed by atoms with van der Waals surface area (Å²) < 4.78 is 4.91. The van der Waals surface area contributed by atoms with Gasteiger partial charge < -0.3 is 25.6 Å². The van der Waals surface area contributed by atoms with Gasteiger partial charge in [-0.3, -0.25) is 14.9 Å². The summed E-state index contributed by atoms with van der Waals surface area (Å²) in [4.78, 5) is 46.3. The Morgan fingerprint density at radius 1 is 0.850 bits per heavy atom. The van der Waals surface area contributed by atoms with Crippen LogP contribution in [0.1, 0.15) is 29.5 Å². The van der Waals surface area contributed by atoms with Crippen LogP contribution in [0.25, 0.3) is 0 Å². The number of carboxylic acid groups (broad SMARTS) is 2. The molecule has 0 bridgehead atoms. The number of hydrogen-bond donors (Lipinski definition) is 4. The minimum atomic E-state index is -2.31. The van der Waals surface area contributed by atoms with Gasteiger partial charge >= 0.3 is 17.6 Å². The number of aliphatic carboxylic acids is 2. The summed E-state index contributed by atoms with van der Waals surface area (Å²) in [7, 11) is 0. The Morgan fingerprint density at radius 3 is 2.08 bits per heavy atom. The van der Waals surface area contributed by atoms with Gasteiger partial charge in [-0.1, -0.05) is 66.7 Å². The first-order valence-electron chi connectivity index (χ1n) is 12.7. The molecule has 11 nitrogen and oxygen atoms in total. The highest BCUT2D eigenvalue weighted by Crippen LogP contribution is 2.29. The third-order valence-corrected chi connectivity index (χ3v) is 6.10. The van der Waals surface area contributed by atoms with Crippen LogP contribution in [-0.4, -0.2) is 51.7 Å². The summed E-state index contributed by atoms with van der Waals surface area (Å²) in [5, 5.41) is 35.9. The van der Waals surface area contributed by atoms with Crippen LogP contribution in [0.4, 0.5) is 5.69 Å². The topological polar surface area (TPSA) is 168 Å². The van der Waals surface area contributed by atoms with Gasteiger partial charge in [-0.2, -0.15) is 0 Å². The molecule has 3 aromatic rings. The van der Waals surface area contributed by atoms with Crippen LogP contribution in [0, 0.1) is 10.1 Å². The van der Waals surface area contributed by atoms with Gasteiger partial charge in [-0.15, -0.1) is 0 Å². The van der Waals surface area contributed by atoms with Crippen molar-refractivity contribution in [2.75, 3.05) is 6.54 Å². The Morgan fingerprint density at radius 2 is 1.48 bits per heavy atom. The highest BCUT2D eigenvalue weighted by atomic mass is 16.6. The number of carboxylic acids is 2. The number of nitrogens with one attached hydrogen (secondary N) is 2. The van der Waals surface area contributed by atoms with Crippen molar-refractivity contribution < 1.29 is 34.3 Å². The van der Waals surface area contributed by atoms with Gasteiger partial charge in [0.2, 0.25) is 5.91 Å². The number of benzene rings is 3. The molecule has 11 heteroatoms. The first-order valence-corrected chi connectivity index (χ1v) is 12.7. The molecule has 0 spiro atoms. The minimum absolute atomic E-state index is 0.0884. The second kappa shape index (κ2) is 15.0. The van der Waals surface area contributed by atoms with Crippen LogP contribution in [-0.2, 0) is 33.8 Å². The number of nitro benzene ring substituents is 1. The number of carbonyl (C=O) groups is 3. The first-order chi connectivity index (χ1) is 19.2. The predicted octanol–water partition coefficient (Wildman–Crippen LogP) is 3.35. The fraction of sp³-hybridized carbons (Fsp3) is 0.276. The highest BCUT2D eigenvalue weighted by molar-refractivity contribution is 5.96. The van der Waals surface area contributed by atoms with E-state index in [1.54, 1.807) is 0 Å². The summed E-state index contributed by atoms with van der Waals surface area (Å²) in [5.74, 6) is -4.36. The number of carbonyl (C=O) groups excluding carboxylic acids is 1. The zero-order valence-corrected chi connectivity index (χ0v) is 21.7. The lowest BCUT2D eigenvalue weighted by Gasteiger charge is -2.19. The zero-order chi connectivity index (χ0) is 28.9. The maximum absolute atomic E-state index is 13.1. The molecular formula is C29H31N3O8. The van der Waals surface area contributed by atoms with Gasteiger partial charge in [0.05, 0.1) is 11.0 Å². The third kappa shape index (κ3) is 9.21. The van der Waals surface area contributed by atoms with Crippen LogP contribution < -0.4 is 15.4 Å². The van der Waals surface area contributed by atoms with E-state index in [1.165, 1.54) is 11.6 Å². The van der Waals surface area contributed by atoms with E-state index in [-0.39, 0.29) is 12.3 Å². The quantitative estimate of drug-likeness (QED) is 0.0906. The summed E-state index contributed by atoms with van der Waals surface area (Å²) in [6, 6.07) is 22.5. The number of nitro groups is 1. The average molecular weight is 550 g/mol. The van der Waals surface area contributed by atoms with Gasteiger partial charge in [0.25, 0.3) is 6.10 Å². The number of nitrogens with zero attached hydrogens (tertiary/aromatic N) is 1. The molecule has 0 aliphatic rings. The van der Waals surface area contributed by atoms with Crippen LogP contribution in [0.2, 0.25) is 0 Å². The van der Waals surface area contributed by atoms with Crippen molar-refractivity contribution in [3.05, 3.63) is 106 Å². The number of unbranched alkanes of at least 4 members (excludes halogenated alkanes) is 1. The second-order valence-electron chi connectivity index (χ2n) is 9.09. The SMILES string of the molecule is O=C(O)C(Oc1ccc(C[C@H](NCc2ccccc2)C(=O)NCCCCc2ccccc2)cc1[N+](=O)[O-])C(=O)O. The van der Waals surface area contributed by atoms with E-state index in [1.807, 2.05) is 48.5 Å². The number of rotatable bonds is 16. The van der Waals surface area contributed by atoms with Crippen molar-refractivity contribution >= 4 is 23.5 Å². The number of hydrogen-bond acceptors (Lipinski definition) is 7. The van der Waals surface area contributed by atoms with Gasteiger partial charge in [0.1, 0.15) is 0 Å². The molecule has 0 saturated carbocycles. The molecule has 0 aromatic heterocycles. The van der Waals surface area contributed by atoms with E-state index in [0.717, 1.165) is 37.0 Å². The van der Waals surface area contributed by atoms with Gasteiger partial charge in [0.15, 0.2) is 5.75 Å². The molecule has 0 aliphatic heterocycles. The molecule has 0 unspecified atom stereocenters. The summed E-state index contributed by atoms with van der Waals surface area (Å²) in [5.41, 5.74) is 1.98. The molecular weight excluding hydrogens is 518 g/mol. The molecule has 0 heterocycles. The molecule has 40 heavy (non-hydrogen) atoms. The Kier molecular flexibility index (Phi) is 11.2. The Bertz CT molecular complexity index is 1290. The molecule has 0 fully saturated rings. The molecule has 0 aliphatic carbocycles. The van der Waals surface area contributed by atoms with E-state index in [2.05, 4.69) is 22.8 Å². The molecule has 210 valence electrons. The van der Waals surface area contributed by atoms with E-state index in [0.29, 0.717) is 18.7 Å². The lowest BCUT2D eigenvalue weighted by Crippen LogP contribution is -2.45. The van der Waals surface area contributed by atoms with Crippen molar-refractivity contribution in [3.63, 3.8) is 0 Å². The lowest BCUT2D eigenvalue weighted by atomic mass is 10.0. The van der Waals surface area contributed by atoms with Crippen LogP contribution in [0.3, 0.4) is 0 Å². The normalized spacial score (nSPS) is 11.5. The smallest absolute Gasteiger partial charge is 0.356 e. The number of ether oxygens (including phenoxy) is 1. The minimum Gasteiger partial charge on any atom is -0.478 e. The Balaban J connectivity index is 1.69. The van der Waals surface area contributed by atoms with E-state index in [9.17, 15) is 24.5 Å². The van der Waals surface area contributed by atoms with Crippen molar-refractivity contribution in [1.29, 1.82) is 0 Å². The summed E-state index contributed by atoms with van der Waals surface area (Å²) in [6.45, 7) is 0.850. The maximum Gasteiger partial charge on any atom is 0.356 e. The second-order valence-corrected chi connectivity index (χ2v) is 9.09. The maximum atomic E-state index is 13.1. The van der Waals surface area contributed by atoms with Crippen molar-refractivity contribution in [2.45, 2.75) is 44.4 Å². The average Bonchev–Trinajstić information content (AvgIpc) is 2.94. The van der Waals surface area contributed by atoms with Crippen LogP contribution in [0.15, 0.2) is 78.9 Å². The molecule has 1 amide bonds. The predicted molar refractivity (Wildman–Crippen MR) is 146 cm³/mol. The number of amides is 1. The van der Waals surface area contributed by atoms with E-state index >= 15 is 0 Å². The number of aryl methyl sites for hydroxylation is 1. The fourth-order valence-electron chi connectivity index (χ4n) is 4.03. The largest absolute Gasteiger partial charge is 0.478 e. The van der Waals surface area contributed by atoms with E-state index in [4.69, 9.17) is 14.9 Å². The molecule has 0 saturated heterocycles. The van der Waals surface area contributed by atoms with Crippen molar-refractivity contribution in [3.8, 4) is 5.75 Å². The summed E-state index contributed by atoms with van der Waals surface area (Å²) >= 11 is 0. The van der Waals surface area contributed by atoms with Crippen molar-refractivity contribution in [1.82, 2.24) is 10.6 Å². The summed E-state index contributed by atoms with van der Waals surface area (Å²) in [6.07, 6.45) is 0.351. The monoisotopic (exact) mass is 549 g/mol. The van der Waals surface area contributed by atoms with Crippen molar-refractivity contribution in [2.24, 2.45) is 0 Å². The highest BCUT2D eigenvalue weighted by Gasteiger charge is 2.31. The van der Waals surface area contributed by atoms with E-state index < -0.39 is 40.4 Å².